The average molecular weight is 442 g/mol. The maximum Gasteiger partial charge on any atom is 0.295 e. The standard InChI is InChI=1S/C24H24ClNO5/c1-30-18-10-6-5-9-16(18)21-20(22(27)14-11-12-19(31-2)17(25)13-14)23(28)24(29)26(21)15-7-3-4-8-15/h5-6,9-13,15,21,27H,3-4,7-8H2,1-2H3/b22-20+. The highest BCUT2D eigenvalue weighted by Gasteiger charge is 2.50. The quantitative estimate of drug-likeness (QED) is 0.412. The summed E-state index contributed by atoms with van der Waals surface area (Å²) in [6, 6.07) is 11.2. The van der Waals surface area contributed by atoms with E-state index >= 15 is 0 Å². The zero-order chi connectivity index (χ0) is 22.1. The minimum atomic E-state index is -0.736. The van der Waals surface area contributed by atoms with Crippen LogP contribution in [0.1, 0.15) is 42.9 Å². The second-order valence-corrected chi connectivity index (χ2v) is 8.14. The first-order valence-electron chi connectivity index (χ1n) is 10.2. The van der Waals surface area contributed by atoms with Gasteiger partial charge in [0.2, 0.25) is 0 Å². The van der Waals surface area contributed by atoms with Crippen molar-refractivity contribution in [2.45, 2.75) is 37.8 Å². The summed E-state index contributed by atoms with van der Waals surface area (Å²) in [6.45, 7) is 0. The van der Waals surface area contributed by atoms with Gasteiger partial charge in [0.15, 0.2) is 0 Å². The molecule has 0 bridgehead atoms. The number of benzene rings is 2. The number of ether oxygens (including phenoxy) is 2. The van der Waals surface area contributed by atoms with Gasteiger partial charge in [0.25, 0.3) is 11.7 Å². The molecule has 31 heavy (non-hydrogen) atoms. The number of aliphatic hydroxyl groups is 1. The molecule has 1 amide bonds. The molecule has 1 saturated carbocycles. The molecule has 0 radical (unpaired) electrons. The number of methoxy groups -OCH3 is 2. The zero-order valence-corrected chi connectivity index (χ0v) is 18.2. The van der Waals surface area contributed by atoms with E-state index in [-0.39, 0.29) is 17.4 Å². The Bertz CT molecular complexity index is 1060. The number of hydrogen-bond donors (Lipinski definition) is 1. The molecule has 1 atom stereocenters. The van der Waals surface area contributed by atoms with Crippen molar-refractivity contribution in [3.63, 3.8) is 0 Å². The first kappa shape index (κ1) is 21.2. The van der Waals surface area contributed by atoms with Gasteiger partial charge in [0.05, 0.1) is 30.9 Å². The average Bonchev–Trinajstić information content (AvgIpc) is 3.40. The molecular weight excluding hydrogens is 418 g/mol. The van der Waals surface area contributed by atoms with Crippen LogP contribution in [0.3, 0.4) is 0 Å². The summed E-state index contributed by atoms with van der Waals surface area (Å²) >= 11 is 6.24. The highest BCUT2D eigenvalue weighted by atomic mass is 35.5. The Balaban J connectivity index is 1.91. The van der Waals surface area contributed by atoms with Crippen molar-refractivity contribution in [2.75, 3.05) is 14.2 Å². The summed E-state index contributed by atoms with van der Waals surface area (Å²) in [5.41, 5.74) is 1.05. The van der Waals surface area contributed by atoms with Crippen molar-refractivity contribution in [1.29, 1.82) is 0 Å². The largest absolute Gasteiger partial charge is 0.507 e. The summed E-state index contributed by atoms with van der Waals surface area (Å²) in [4.78, 5) is 27.9. The first-order chi connectivity index (χ1) is 15.0. The summed E-state index contributed by atoms with van der Waals surface area (Å²) in [5, 5.41) is 11.5. The van der Waals surface area contributed by atoms with Gasteiger partial charge in [-0.15, -0.1) is 0 Å². The molecule has 2 aromatic rings. The lowest BCUT2D eigenvalue weighted by atomic mass is 9.94. The fourth-order valence-electron chi connectivity index (χ4n) is 4.58. The molecule has 2 fully saturated rings. The van der Waals surface area contributed by atoms with E-state index in [9.17, 15) is 14.7 Å². The number of carbonyl (C=O) groups is 2. The van der Waals surface area contributed by atoms with E-state index in [2.05, 4.69) is 0 Å². The molecule has 162 valence electrons. The van der Waals surface area contributed by atoms with Crippen LogP contribution in [0.25, 0.3) is 5.76 Å². The second kappa shape index (κ2) is 8.63. The first-order valence-corrected chi connectivity index (χ1v) is 10.6. The molecule has 0 spiro atoms. The fraction of sp³-hybridized carbons (Fsp3) is 0.333. The molecule has 7 heteroatoms. The van der Waals surface area contributed by atoms with Gasteiger partial charge in [-0.3, -0.25) is 9.59 Å². The van der Waals surface area contributed by atoms with E-state index in [0.717, 1.165) is 25.7 Å². The molecule has 6 nitrogen and oxygen atoms in total. The van der Waals surface area contributed by atoms with Gasteiger partial charge in [0.1, 0.15) is 17.3 Å². The molecule has 1 N–H and O–H groups in total. The van der Waals surface area contributed by atoms with Crippen molar-refractivity contribution < 1.29 is 24.2 Å². The van der Waals surface area contributed by atoms with Crippen molar-refractivity contribution in [1.82, 2.24) is 4.90 Å². The van der Waals surface area contributed by atoms with E-state index in [1.165, 1.54) is 13.2 Å². The van der Waals surface area contributed by atoms with E-state index < -0.39 is 17.7 Å². The van der Waals surface area contributed by atoms with Gasteiger partial charge >= 0.3 is 0 Å². The molecule has 1 unspecified atom stereocenters. The molecule has 1 aliphatic carbocycles. The third-order valence-electron chi connectivity index (χ3n) is 6.06. The summed E-state index contributed by atoms with van der Waals surface area (Å²) in [5.74, 6) is -0.558. The van der Waals surface area contributed by atoms with Crippen LogP contribution in [0.2, 0.25) is 5.02 Å². The van der Waals surface area contributed by atoms with Gasteiger partial charge in [-0.2, -0.15) is 0 Å². The Labute approximate surface area is 186 Å². The molecule has 1 aliphatic heterocycles. The number of amides is 1. The second-order valence-electron chi connectivity index (χ2n) is 7.74. The number of nitrogens with zero attached hydrogens (tertiary/aromatic N) is 1. The number of hydrogen-bond acceptors (Lipinski definition) is 5. The third-order valence-corrected chi connectivity index (χ3v) is 6.35. The number of carbonyl (C=O) groups excluding carboxylic acids is 2. The summed E-state index contributed by atoms with van der Waals surface area (Å²) in [7, 11) is 3.04. The number of para-hydroxylation sites is 1. The Morgan fingerprint density at radius 3 is 2.35 bits per heavy atom. The highest BCUT2D eigenvalue weighted by molar-refractivity contribution is 6.46. The number of aliphatic hydroxyl groups excluding tert-OH is 1. The van der Waals surface area contributed by atoms with Gasteiger partial charge in [-0.1, -0.05) is 42.6 Å². The van der Waals surface area contributed by atoms with Crippen LogP contribution in [-0.4, -0.2) is 42.0 Å². The minimum Gasteiger partial charge on any atom is -0.507 e. The lowest BCUT2D eigenvalue weighted by Crippen LogP contribution is -2.37. The number of likely N-dealkylation sites (tertiary alicyclic amines) is 1. The van der Waals surface area contributed by atoms with Crippen molar-refractivity contribution in [3.05, 3.63) is 64.2 Å². The van der Waals surface area contributed by atoms with Gasteiger partial charge < -0.3 is 19.5 Å². The van der Waals surface area contributed by atoms with Crippen LogP contribution in [0, 0.1) is 0 Å². The molecule has 2 aliphatic rings. The molecule has 0 aromatic heterocycles. The summed E-state index contributed by atoms with van der Waals surface area (Å²) in [6.07, 6.45) is 3.65. The number of ketones is 1. The van der Waals surface area contributed by atoms with Gasteiger partial charge in [0, 0.05) is 17.2 Å². The Morgan fingerprint density at radius 2 is 1.71 bits per heavy atom. The van der Waals surface area contributed by atoms with Crippen LogP contribution in [0.4, 0.5) is 0 Å². The van der Waals surface area contributed by atoms with E-state index in [1.54, 1.807) is 30.2 Å². The van der Waals surface area contributed by atoms with Crippen LogP contribution in [0.15, 0.2) is 48.0 Å². The van der Waals surface area contributed by atoms with Crippen LogP contribution < -0.4 is 9.47 Å². The Morgan fingerprint density at radius 1 is 1.03 bits per heavy atom. The molecular formula is C24H24ClNO5. The lowest BCUT2D eigenvalue weighted by molar-refractivity contribution is -0.141. The normalized spacial score (nSPS) is 21.0. The van der Waals surface area contributed by atoms with E-state index in [0.29, 0.717) is 27.6 Å². The van der Waals surface area contributed by atoms with Crippen LogP contribution in [0.5, 0.6) is 11.5 Å². The third kappa shape index (κ3) is 3.65. The number of halogens is 1. The smallest absolute Gasteiger partial charge is 0.295 e. The Kier molecular flexibility index (Phi) is 5.92. The topological polar surface area (TPSA) is 76.1 Å². The van der Waals surface area contributed by atoms with Crippen LogP contribution >= 0.6 is 11.6 Å². The maximum absolute atomic E-state index is 13.2. The summed E-state index contributed by atoms with van der Waals surface area (Å²) < 4.78 is 10.7. The van der Waals surface area contributed by atoms with Gasteiger partial charge in [-0.05, 0) is 37.1 Å². The maximum atomic E-state index is 13.2. The molecule has 4 rings (SSSR count). The number of rotatable bonds is 5. The monoisotopic (exact) mass is 441 g/mol. The Hall–Kier alpha value is -2.99. The fourth-order valence-corrected chi connectivity index (χ4v) is 4.83. The van der Waals surface area contributed by atoms with Gasteiger partial charge in [-0.25, -0.2) is 0 Å². The van der Waals surface area contributed by atoms with E-state index in [1.807, 2.05) is 18.2 Å². The number of Topliss-reactive ketones (excluding diaryl/α,β-unsaturated/α-hetero) is 1. The van der Waals surface area contributed by atoms with Crippen LogP contribution in [-0.2, 0) is 9.59 Å². The van der Waals surface area contributed by atoms with Crippen molar-refractivity contribution in [2.24, 2.45) is 0 Å². The zero-order valence-electron chi connectivity index (χ0n) is 17.4. The molecule has 1 heterocycles. The van der Waals surface area contributed by atoms with Crippen molar-refractivity contribution >= 4 is 29.1 Å². The molecule has 2 aromatic carbocycles. The minimum absolute atomic E-state index is 0.0441. The predicted octanol–water partition coefficient (Wildman–Crippen LogP) is 4.72. The van der Waals surface area contributed by atoms with Crippen molar-refractivity contribution in [3.8, 4) is 11.5 Å². The lowest BCUT2D eigenvalue weighted by Gasteiger charge is -2.31. The highest BCUT2D eigenvalue weighted by Crippen LogP contribution is 2.46. The SMILES string of the molecule is COc1ccc(/C(O)=C2\C(=O)C(=O)N(C3CCCC3)C2c2ccccc2OC)cc1Cl. The van der Waals surface area contributed by atoms with E-state index in [4.69, 9.17) is 21.1 Å². The predicted molar refractivity (Wildman–Crippen MR) is 117 cm³/mol. The molecule has 1 saturated heterocycles.